The lowest BCUT2D eigenvalue weighted by Crippen LogP contribution is -2.51. The van der Waals surface area contributed by atoms with E-state index in [1.165, 1.54) is 0 Å². The van der Waals surface area contributed by atoms with Crippen LogP contribution in [0, 0.1) is 0 Å². The number of anilines is 1. The SMILES string of the molecule is CCO[C@@H](C(=O)N1Cc2c(NC(=O)C3(S(C)(C)C)CCC3)n[nH]c2C1(C)C)c1ccccc1. The van der Waals surface area contributed by atoms with Crippen LogP contribution in [-0.2, 0) is 26.4 Å². The molecule has 0 radical (unpaired) electrons. The zero-order chi connectivity index (χ0) is 24.0. The Balaban J connectivity index is 1.59. The molecular weight excluding hydrogens is 436 g/mol. The molecule has 1 saturated carbocycles. The highest BCUT2D eigenvalue weighted by Gasteiger charge is 2.51. The fourth-order valence-corrected chi connectivity index (χ4v) is 7.18. The van der Waals surface area contributed by atoms with E-state index in [2.05, 4.69) is 34.3 Å². The summed E-state index contributed by atoms with van der Waals surface area (Å²) in [6.45, 7) is 6.71. The van der Waals surface area contributed by atoms with Gasteiger partial charge in [0, 0.05) is 12.2 Å². The van der Waals surface area contributed by atoms with Gasteiger partial charge in [0.2, 0.25) is 5.91 Å². The quantitative estimate of drug-likeness (QED) is 0.628. The molecule has 2 heterocycles. The maximum atomic E-state index is 13.7. The van der Waals surface area contributed by atoms with E-state index in [4.69, 9.17) is 4.74 Å². The first-order valence-corrected chi connectivity index (χ1v) is 14.4. The molecule has 0 unspecified atom stereocenters. The molecule has 1 atom stereocenters. The van der Waals surface area contributed by atoms with Crippen LogP contribution >= 0.6 is 10.0 Å². The molecule has 2 amide bonds. The standard InChI is InChI=1S/C25H36N4O3S/c1-7-32-19(17-12-9-8-10-13-17)22(30)29-16-18-20(24(29,2)3)27-28-21(18)26-23(31)25(14-11-15-25)33(4,5)6/h8-10,12-13,19H,7,11,14-16H2,1-6H3,(H2,26,27,28,31)/t19-/m1/s1. The van der Waals surface area contributed by atoms with Crippen molar-refractivity contribution in [3.8, 4) is 0 Å². The normalized spacial score (nSPS) is 20.0. The molecule has 1 aromatic carbocycles. The van der Waals surface area contributed by atoms with E-state index in [9.17, 15) is 9.59 Å². The summed E-state index contributed by atoms with van der Waals surface area (Å²) in [4.78, 5) is 28.9. The van der Waals surface area contributed by atoms with Crippen molar-refractivity contribution in [1.82, 2.24) is 15.1 Å². The van der Waals surface area contributed by atoms with E-state index in [1.807, 2.05) is 56.0 Å². The molecule has 33 heavy (non-hydrogen) atoms. The number of H-pyrrole nitrogens is 1. The summed E-state index contributed by atoms with van der Waals surface area (Å²) < 4.78 is 5.59. The lowest BCUT2D eigenvalue weighted by atomic mass is 9.83. The van der Waals surface area contributed by atoms with Crippen molar-refractivity contribution in [1.29, 1.82) is 0 Å². The summed E-state index contributed by atoms with van der Waals surface area (Å²) >= 11 is 0. The van der Waals surface area contributed by atoms with Gasteiger partial charge in [0.25, 0.3) is 5.91 Å². The van der Waals surface area contributed by atoms with E-state index < -0.39 is 21.7 Å². The second-order valence-corrected chi connectivity index (χ2v) is 14.8. The molecule has 2 aromatic rings. The van der Waals surface area contributed by atoms with E-state index >= 15 is 0 Å². The van der Waals surface area contributed by atoms with Gasteiger partial charge >= 0.3 is 0 Å². The first-order valence-electron chi connectivity index (χ1n) is 11.6. The van der Waals surface area contributed by atoms with Gasteiger partial charge in [0.05, 0.1) is 22.5 Å². The zero-order valence-corrected chi connectivity index (χ0v) is 21.3. The molecule has 4 rings (SSSR count). The largest absolute Gasteiger partial charge is 0.364 e. The molecule has 1 aliphatic heterocycles. The predicted molar refractivity (Wildman–Crippen MR) is 134 cm³/mol. The van der Waals surface area contributed by atoms with Crippen LogP contribution in [0.2, 0.25) is 0 Å². The molecule has 1 fully saturated rings. The molecule has 1 aromatic heterocycles. The highest BCUT2D eigenvalue weighted by atomic mass is 32.3. The van der Waals surface area contributed by atoms with E-state index in [0.29, 0.717) is 19.0 Å². The van der Waals surface area contributed by atoms with Crippen molar-refractivity contribution in [2.24, 2.45) is 0 Å². The van der Waals surface area contributed by atoms with Crippen LogP contribution in [0.5, 0.6) is 0 Å². The number of hydrogen-bond acceptors (Lipinski definition) is 4. The number of carbonyl (C=O) groups excluding carboxylic acids is 2. The third-order valence-corrected chi connectivity index (χ3v) is 10.3. The minimum absolute atomic E-state index is 0.0598. The van der Waals surface area contributed by atoms with E-state index in [-0.39, 0.29) is 16.6 Å². The van der Waals surface area contributed by atoms with Crippen LogP contribution in [0.25, 0.3) is 0 Å². The molecule has 8 heteroatoms. The highest BCUT2D eigenvalue weighted by molar-refractivity contribution is 8.33. The summed E-state index contributed by atoms with van der Waals surface area (Å²) in [5.41, 5.74) is 1.97. The Morgan fingerprint density at radius 3 is 2.42 bits per heavy atom. The number of fused-ring (bicyclic) bond motifs is 1. The minimum Gasteiger partial charge on any atom is -0.364 e. The molecule has 0 spiro atoms. The van der Waals surface area contributed by atoms with Gasteiger partial charge in [0.15, 0.2) is 11.9 Å². The average molecular weight is 473 g/mol. The average Bonchev–Trinajstić information content (AvgIpc) is 3.22. The monoisotopic (exact) mass is 472 g/mol. The minimum atomic E-state index is -1.07. The second kappa shape index (κ2) is 8.47. The van der Waals surface area contributed by atoms with Crippen LogP contribution in [0.15, 0.2) is 30.3 Å². The molecule has 1 aliphatic carbocycles. The molecule has 2 aliphatic rings. The lowest BCUT2D eigenvalue weighted by molar-refractivity contribution is -0.149. The maximum Gasteiger partial charge on any atom is 0.257 e. The fourth-order valence-electron chi connectivity index (χ4n) is 5.06. The number of amides is 2. The molecule has 7 nitrogen and oxygen atoms in total. The number of ether oxygens (including phenoxy) is 1. The summed E-state index contributed by atoms with van der Waals surface area (Å²) in [7, 11) is -1.07. The number of nitrogens with one attached hydrogen (secondary N) is 2. The van der Waals surface area contributed by atoms with Crippen molar-refractivity contribution in [2.75, 3.05) is 30.7 Å². The second-order valence-electron chi connectivity index (χ2n) is 10.3. The summed E-state index contributed by atoms with van der Waals surface area (Å²) in [5, 5.41) is 10.7. The van der Waals surface area contributed by atoms with Gasteiger partial charge < -0.3 is 15.0 Å². The number of carbonyl (C=O) groups is 2. The van der Waals surface area contributed by atoms with Crippen LogP contribution in [0.4, 0.5) is 5.82 Å². The van der Waals surface area contributed by atoms with Crippen molar-refractivity contribution in [2.45, 2.75) is 63.0 Å². The Kier molecular flexibility index (Phi) is 6.12. The highest BCUT2D eigenvalue weighted by Crippen LogP contribution is 2.60. The Labute approximate surface area is 198 Å². The van der Waals surface area contributed by atoms with Crippen molar-refractivity contribution in [3.63, 3.8) is 0 Å². The number of rotatable bonds is 7. The Morgan fingerprint density at radius 1 is 1.21 bits per heavy atom. The van der Waals surface area contributed by atoms with Crippen LogP contribution in [0.3, 0.4) is 0 Å². The van der Waals surface area contributed by atoms with Gasteiger partial charge in [0.1, 0.15) is 0 Å². The molecule has 180 valence electrons. The smallest absolute Gasteiger partial charge is 0.257 e. The molecular formula is C25H36N4O3S. The van der Waals surface area contributed by atoms with Gasteiger partial charge in [-0.2, -0.15) is 5.10 Å². The number of aromatic nitrogens is 2. The zero-order valence-electron chi connectivity index (χ0n) is 20.5. The molecule has 0 bridgehead atoms. The van der Waals surface area contributed by atoms with Gasteiger partial charge in [-0.15, -0.1) is 0 Å². The maximum absolute atomic E-state index is 13.7. The van der Waals surface area contributed by atoms with Gasteiger partial charge in [-0.05, 0) is 64.4 Å². The van der Waals surface area contributed by atoms with E-state index in [0.717, 1.165) is 36.1 Å². The first-order chi connectivity index (χ1) is 15.5. The fraction of sp³-hybridized carbons (Fsp3) is 0.560. The third kappa shape index (κ3) is 3.87. The van der Waals surface area contributed by atoms with Crippen LogP contribution in [0.1, 0.15) is 63.0 Å². The number of benzene rings is 1. The third-order valence-electron chi connectivity index (χ3n) is 7.38. The Bertz CT molecular complexity index is 1040. The van der Waals surface area contributed by atoms with Crippen molar-refractivity contribution in [3.05, 3.63) is 47.2 Å². The van der Waals surface area contributed by atoms with E-state index in [1.54, 1.807) is 0 Å². The number of hydrogen-bond donors (Lipinski definition) is 2. The molecule has 0 saturated heterocycles. The number of aromatic amines is 1. The topological polar surface area (TPSA) is 87.3 Å². The Hall–Kier alpha value is -2.32. The van der Waals surface area contributed by atoms with Gasteiger partial charge in [-0.3, -0.25) is 14.7 Å². The number of nitrogens with zero attached hydrogens (tertiary/aromatic N) is 2. The van der Waals surface area contributed by atoms with Gasteiger partial charge in [-0.25, -0.2) is 10.0 Å². The van der Waals surface area contributed by atoms with Crippen LogP contribution < -0.4 is 5.32 Å². The van der Waals surface area contributed by atoms with Crippen molar-refractivity contribution >= 4 is 27.7 Å². The summed E-state index contributed by atoms with van der Waals surface area (Å²) in [5.74, 6) is 0.509. The molecule has 2 N–H and O–H groups in total. The summed E-state index contributed by atoms with van der Waals surface area (Å²) in [6.07, 6.45) is 8.89. The predicted octanol–water partition coefficient (Wildman–Crippen LogP) is 4.32. The van der Waals surface area contributed by atoms with Crippen LogP contribution in [-0.4, -0.2) is 57.0 Å². The van der Waals surface area contributed by atoms with Crippen molar-refractivity contribution < 1.29 is 14.3 Å². The lowest BCUT2D eigenvalue weighted by Gasteiger charge is -2.53. The van der Waals surface area contributed by atoms with Gasteiger partial charge in [-0.1, -0.05) is 30.3 Å². The Morgan fingerprint density at radius 2 is 1.88 bits per heavy atom. The summed E-state index contributed by atoms with van der Waals surface area (Å²) in [6, 6.07) is 9.59. The first kappa shape index (κ1) is 23.8.